The first-order valence-electron chi connectivity index (χ1n) is 6.27. The largest absolute Gasteiger partial charge is 0.395 e. The molecule has 2 aliphatic heterocycles. The Bertz CT molecular complexity index is 358. The number of hydrogen-bond acceptors (Lipinski definition) is 5. The lowest BCUT2D eigenvalue weighted by atomic mass is 10.1. The predicted octanol–water partition coefficient (Wildman–Crippen LogP) is -0.828. The Morgan fingerprint density at radius 1 is 1.35 bits per heavy atom. The van der Waals surface area contributed by atoms with Crippen LogP contribution in [0.25, 0.3) is 0 Å². The molecular weight excluding hydrogens is 240 g/mol. The van der Waals surface area contributed by atoms with Gasteiger partial charge in [0.15, 0.2) is 9.84 Å². The van der Waals surface area contributed by atoms with Gasteiger partial charge in [0, 0.05) is 25.2 Å². The lowest BCUT2D eigenvalue weighted by Gasteiger charge is -2.33. The van der Waals surface area contributed by atoms with E-state index in [-0.39, 0.29) is 24.4 Å². The molecule has 2 heterocycles. The van der Waals surface area contributed by atoms with Gasteiger partial charge in [0.1, 0.15) is 0 Å². The van der Waals surface area contributed by atoms with Gasteiger partial charge in [-0.15, -0.1) is 0 Å². The average molecular weight is 262 g/mol. The van der Waals surface area contributed by atoms with Crippen molar-refractivity contribution in [2.24, 2.45) is 0 Å². The molecule has 0 aromatic heterocycles. The number of likely N-dealkylation sites (N-methyl/N-ethyl adjacent to an activating group) is 1. The van der Waals surface area contributed by atoms with Crippen LogP contribution in [0.5, 0.6) is 0 Å². The van der Waals surface area contributed by atoms with Crippen molar-refractivity contribution in [2.45, 2.75) is 24.9 Å². The Hall–Kier alpha value is -0.170. The molecule has 0 bridgehead atoms. The third-order valence-corrected chi connectivity index (χ3v) is 5.59. The summed E-state index contributed by atoms with van der Waals surface area (Å²) in [6, 6.07) is 0.199. The van der Waals surface area contributed by atoms with Gasteiger partial charge in [-0.05, 0) is 26.4 Å². The second-order valence-electron chi connectivity index (χ2n) is 5.25. The van der Waals surface area contributed by atoms with E-state index in [1.807, 2.05) is 0 Å². The highest BCUT2D eigenvalue weighted by Gasteiger charge is 2.36. The number of nitrogens with zero attached hydrogens (tertiary/aromatic N) is 2. The van der Waals surface area contributed by atoms with Crippen LogP contribution in [0.4, 0.5) is 0 Å². The van der Waals surface area contributed by atoms with Gasteiger partial charge in [0.05, 0.1) is 18.1 Å². The number of hydrogen-bond donors (Lipinski definition) is 1. The van der Waals surface area contributed by atoms with Crippen LogP contribution >= 0.6 is 0 Å². The molecule has 2 atom stereocenters. The molecule has 0 radical (unpaired) electrons. The van der Waals surface area contributed by atoms with E-state index in [9.17, 15) is 13.5 Å². The van der Waals surface area contributed by atoms with E-state index in [2.05, 4.69) is 16.8 Å². The molecule has 2 saturated heterocycles. The Labute approximate surface area is 103 Å². The minimum absolute atomic E-state index is 0.0841. The zero-order chi connectivity index (χ0) is 12.5. The van der Waals surface area contributed by atoms with Crippen LogP contribution in [0, 0.1) is 0 Å². The van der Waals surface area contributed by atoms with Crippen molar-refractivity contribution in [3.8, 4) is 0 Å². The van der Waals surface area contributed by atoms with Crippen LogP contribution in [-0.2, 0) is 9.84 Å². The van der Waals surface area contributed by atoms with Gasteiger partial charge >= 0.3 is 0 Å². The fraction of sp³-hybridized carbons (Fsp3) is 1.00. The summed E-state index contributed by atoms with van der Waals surface area (Å²) < 4.78 is 23.1. The summed E-state index contributed by atoms with van der Waals surface area (Å²) in [5, 5.41) is 9.48. The fourth-order valence-corrected chi connectivity index (χ4v) is 4.68. The lowest BCUT2D eigenvalue weighted by molar-refractivity contribution is 0.0889. The van der Waals surface area contributed by atoms with Gasteiger partial charge in [-0.3, -0.25) is 4.90 Å². The molecule has 0 spiro atoms. The highest BCUT2D eigenvalue weighted by molar-refractivity contribution is 7.91. The second kappa shape index (κ2) is 5.22. The van der Waals surface area contributed by atoms with Crippen LogP contribution in [0.2, 0.25) is 0 Å². The van der Waals surface area contributed by atoms with E-state index in [4.69, 9.17) is 0 Å². The smallest absolute Gasteiger partial charge is 0.151 e. The zero-order valence-electron chi connectivity index (χ0n) is 10.4. The van der Waals surface area contributed by atoms with Crippen molar-refractivity contribution in [1.29, 1.82) is 0 Å². The SMILES string of the molecule is CN1CCCN(C2CCS(=O)(=O)C2)C(CO)C1. The minimum atomic E-state index is -2.84. The molecule has 1 N–H and O–H groups in total. The van der Waals surface area contributed by atoms with Crippen LogP contribution in [-0.4, -0.2) is 80.2 Å². The van der Waals surface area contributed by atoms with E-state index >= 15 is 0 Å². The maximum absolute atomic E-state index is 11.5. The Kier molecular flexibility index (Phi) is 4.07. The summed E-state index contributed by atoms with van der Waals surface area (Å²) in [6.07, 6.45) is 1.77. The Morgan fingerprint density at radius 3 is 2.71 bits per heavy atom. The van der Waals surface area contributed by atoms with Crippen molar-refractivity contribution in [1.82, 2.24) is 9.80 Å². The van der Waals surface area contributed by atoms with Crippen molar-refractivity contribution >= 4 is 9.84 Å². The van der Waals surface area contributed by atoms with Gasteiger partial charge in [-0.1, -0.05) is 0 Å². The van der Waals surface area contributed by atoms with Gasteiger partial charge in [0.2, 0.25) is 0 Å². The highest BCUT2D eigenvalue weighted by atomic mass is 32.2. The summed E-state index contributed by atoms with van der Waals surface area (Å²) >= 11 is 0. The maximum Gasteiger partial charge on any atom is 0.151 e. The molecule has 0 aliphatic carbocycles. The van der Waals surface area contributed by atoms with E-state index in [0.717, 1.165) is 32.5 Å². The molecule has 2 rings (SSSR count). The molecule has 2 aliphatic rings. The number of sulfone groups is 1. The van der Waals surface area contributed by atoms with Crippen molar-refractivity contribution in [3.05, 3.63) is 0 Å². The van der Waals surface area contributed by atoms with Crippen molar-refractivity contribution < 1.29 is 13.5 Å². The first-order valence-corrected chi connectivity index (χ1v) is 8.09. The van der Waals surface area contributed by atoms with E-state index < -0.39 is 9.84 Å². The fourth-order valence-electron chi connectivity index (χ4n) is 2.94. The van der Waals surface area contributed by atoms with Gasteiger partial charge in [0.25, 0.3) is 0 Å². The quantitative estimate of drug-likeness (QED) is 0.704. The summed E-state index contributed by atoms with van der Waals surface area (Å²) in [5.74, 6) is 0.579. The number of aliphatic hydroxyl groups excluding tert-OH is 1. The third kappa shape index (κ3) is 3.19. The molecule has 17 heavy (non-hydrogen) atoms. The Morgan fingerprint density at radius 2 is 2.12 bits per heavy atom. The molecule has 0 amide bonds. The van der Waals surface area contributed by atoms with Crippen LogP contribution in [0.1, 0.15) is 12.8 Å². The summed E-state index contributed by atoms with van der Waals surface area (Å²) in [4.78, 5) is 4.43. The lowest BCUT2D eigenvalue weighted by Crippen LogP contribution is -2.48. The molecule has 0 aromatic rings. The molecule has 2 fully saturated rings. The molecule has 6 heteroatoms. The normalized spacial score (nSPS) is 35.9. The van der Waals surface area contributed by atoms with Crippen LogP contribution in [0.3, 0.4) is 0 Å². The molecule has 0 aromatic carbocycles. The van der Waals surface area contributed by atoms with E-state index in [1.54, 1.807) is 0 Å². The minimum Gasteiger partial charge on any atom is -0.395 e. The zero-order valence-corrected chi connectivity index (χ0v) is 11.2. The molecule has 5 nitrogen and oxygen atoms in total. The molecule has 2 unspecified atom stereocenters. The van der Waals surface area contributed by atoms with Gasteiger partial charge in [-0.2, -0.15) is 0 Å². The first kappa shape index (κ1) is 13.3. The topological polar surface area (TPSA) is 60.9 Å². The summed E-state index contributed by atoms with van der Waals surface area (Å²) in [7, 11) is -0.786. The Balaban J connectivity index is 2.07. The highest BCUT2D eigenvalue weighted by Crippen LogP contribution is 2.22. The van der Waals surface area contributed by atoms with Gasteiger partial charge in [-0.25, -0.2) is 8.42 Å². The van der Waals surface area contributed by atoms with Crippen LogP contribution in [0.15, 0.2) is 0 Å². The molecule has 100 valence electrons. The predicted molar refractivity (Wildman–Crippen MR) is 66.8 cm³/mol. The van der Waals surface area contributed by atoms with Crippen LogP contribution < -0.4 is 0 Å². The molecular formula is C11H22N2O3S. The third-order valence-electron chi connectivity index (χ3n) is 3.84. The van der Waals surface area contributed by atoms with Gasteiger partial charge < -0.3 is 10.0 Å². The first-order chi connectivity index (χ1) is 8.02. The average Bonchev–Trinajstić information content (AvgIpc) is 2.51. The second-order valence-corrected chi connectivity index (χ2v) is 7.48. The molecule has 0 saturated carbocycles. The summed E-state index contributed by atoms with van der Waals surface area (Å²) in [5.41, 5.74) is 0. The standard InChI is InChI=1S/C11H22N2O3S/c1-12-4-2-5-13(11(7-12)8-14)10-3-6-17(15,16)9-10/h10-11,14H,2-9H2,1H3. The van der Waals surface area contributed by atoms with E-state index in [0.29, 0.717) is 5.75 Å². The van der Waals surface area contributed by atoms with Crippen molar-refractivity contribution in [3.63, 3.8) is 0 Å². The monoisotopic (exact) mass is 262 g/mol. The van der Waals surface area contributed by atoms with E-state index in [1.165, 1.54) is 0 Å². The number of aliphatic hydroxyl groups is 1. The number of rotatable bonds is 2. The maximum atomic E-state index is 11.5. The summed E-state index contributed by atoms with van der Waals surface area (Å²) in [6.45, 7) is 2.86. The van der Waals surface area contributed by atoms with Crippen molar-refractivity contribution in [2.75, 3.05) is 44.8 Å².